The van der Waals surface area contributed by atoms with Gasteiger partial charge in [-0.15, -0.1) is 11.3 Å². The first-order valence-corrected chi connectivity index (χ1v) is 18.6. The third-order valence-electron chi connectivity index (χ3n) is 8.39. The van der Waals surface area contributed by atoms with E-state index in [1.165, 1.54) is 11.3 Å². The number of amides is 5. The summed E-state index contributed by atoms with van der Waals surface area (Å²) >= 11 is 1.41. The average Bonchev–Trinajstić information content (AvgIpc) is 3.63. The number of carboxylic acid groups (broad SMARTS) is 1. The topological polar surface area (TPSA) is 273 Å². The third-order valence-corrected chi connectivity index (χ3v) is 9.29. The lowest BCUT2D eigenvalue weighted by Crippen LogP contribution is -2.58. The molecule has 0 aliphatic rings. The molecule has 0 unspecified atom stereocenters. The van der Waals surface area contributed by atoms with Crippen molar-refractivity contribution in [2.75, 3.05) is 13.1 Å². The lowest BCUT2D eigenvalue weighted by molar-refractivity contribution is -0.142. The van der Waals surface area contributed by atoms with Crippen molar-refractivity contribution in [1.82, 2.24) is 26.6 Å². The Morgan fingerprint density at radius 3 is 2.06 bits per heavy atom. The van der Waals surface area contributed by atoms with Gasteiger partial charge in [0.1, 0.15) is 24.2 Å². The molecule has 2 aromatic rings. The molecule has 17 heteroatoms. The van der Waals surface area contributed by atoms with E-state index in [0.29, 0.717) is 6.42 Å². The average molecular weight is 758 g/mol. The van der Waals surface area contributed by atoms with Crippen LogP contribution in [0.25, 0.3) is 0 Å². The summed E-state index contributed by atoms with van der Waals surface area (Å²) in [5.74, 6) is -4.97. The van der Waals surface area contributed by atoms with Crippen LogP contribution in [0.3, 0.4) is 0 Å². The highest BCUT2D eigenvalue weighted by Crippen LogP contribution is 2.14. The number of rotatable bonds is 23. The first-order valence-electron chi connectivity index (χ1n) is 17.7. The van der Waals surface area contributed by atoms with Crippen LogP contribution in [0.1, 0.15) is 63.8 Å². The number of hydrogen-bond acceptors (Lipinski definition) is 9. The minimum Gasteiger partial charge on any atom is -0.480 e. The van der Waals surface area contributed by atoms with Gasteiger partial charge in [0, 0.05) is 17.8 Å². The molecule has 2 rings (SSSR count). The van der Waals surface area contributed by atoms with Gasteiger partial charge in [0.2, 0.25) is 29.5 Å². The zero-order chi connectivity index (χ0) is 39.5. The highest BCUT2D eigenvalue weighted by atomic mass is 32.1. The fourth-order valence-electron chi connectivity index (χ4n) is 5.29. The van der Waals surface area contributed by atoms with Crippen molar-refractivity contribution in [3.8, 4) is 0 Å². The van der Waals surface area contributed by atoms with Crippen molar-refractivity contribution in [3.05, 3.63) is 58.3 Å². The lowest BCUT2D eigenvalue weighted by atomic mass is 9.97. The molecule has 53 heavy (non-hydrogen) atoms. The number of carboxylic acids is 1. The fourth-order valence-corrected chi connectivity index (χ4v) is 6.05. The van der Waals surface area contributed by atoms with Crippen LogP contribution >= 0.6 is 11.3 Å². The van der Waals surface area contributed by atoms with Crippen molar-refractivity contribution < 1.29 is 33.9 Å². The largest absolute Gasteiger partial charge is 0.480 e. The Hall–Kier alpha value is -5.03. The van der Waals surface area contributed by atoms with Gasteiger partial charge in [-0.2, -0.15) is 0 Å². The molecule has 1 heterocycles. The molecule has 5 amide bonds. The summed E-state index contributed by atoms with van der Waals surface area (Å²) in [6.45, 7) is 6.86. The van der Waals surface area contributed by atoms with Crippen LogP contribution in [0.2, 0.25) is 0 Å². The van der Waals surface area contributed by atoms with Crippen LogP contribution in [0.4, 0.5) is 0 Å². The van der Waals surface area contributed by atoms with E-state index in [1.54, 1.807) is 6.92 Å². The molecule has 0 saturated carbocycles. The van der Waals surface area contributed by atoms with Gasteiger partial charge in [-0.05, 0) is 54.5 Å². The SMILES string of the molecule is CC[C@H](C)[C@H](NC(=O)[C@H](Cc1cccs1)NC(=O)[C@@H](N)Cc1ccccc1)C(=O)NCC(=O)N[C@@H](CCCN=C(N)N)C(=O)N[C@@H](CC(C)C)C(=O)O. The first-order chi connectivity index (χ1) is 25.1. The minimum absolute atomic E-state index is 0.0278. The molecule has 0 aliphatic heterocycles. The number of nitrogens with two attached hydrogens (primary N) is 3. The quantitative estimate of drug-likeness (QED) is 0.0420. The maximum atomic E-state index is 13.7. The Kier molecular flexibility index (Phi) is 19.0. The fraction of sp³-hybridized carbons (Fsp3) is 0.528. The molecular weight excluding hydrogens is 703 g/mol. The maximum Gasteiger partial charge on any atom is 0.326 e. The normalized spacial score (nSPS) is 14.4. The van der Waals surface area contributed by atoms with Gasteiger partial charge in [0.05, 0.1) is 12.6 Å². The molecular formula is C36H55N9O7S. The zero-order valence-corrected chi connectivity index (χ0v) is 31.6. The maximum absolute atomic E-state index is 13.7. The summed E-state index contributed by atoms with van der Waals surface area (Å²) in [6, 6.07) is 7.53. The summed E-state index contributed by atoms with van der Waals surface area (Å²) in [5, 5.41) is 24.5. The standard InChI is InChI=1S/C36H55N9O7S/c1-5-22(4)30(45-33(49)27(19-24-13-10-16-53-24)43-31(47)25(37)18-23-11-7-6-8-12-23)34(50)41-20-29(46)42-26(14-9-15-40-36(38)39)32(48)44-28(35(51)52)17-21(2)3/h6-8,10-13,16,21-22,25-28,30H,5,9,14-15,17-20,37H2,1-4H3,(H,41,50)(H,42,46)(H,43,47)(H,44,48)(H,45,49)(H,51,52)(H4,38,39,40)/t22-,25-,26-,27-,28-,30-/m0/s1. The Labute approximate surface area is 314 Å². The molecule has 0 bridgehead atoms. The van der Waals surface area contributed by atoms with Crippen LogP contribution < -0.4 is 43.8 Å². The molecule has 0 aliphatic carbocycles. The van der Waals surface area contributed by atoms with Gasteiger partial charge in [-0.1, -0.05) is 70.5 Å². The number of hydrogen-bond donors (Lipinski definition) is 9. The molecule has 0 spiro atoms. The summed E-state index contributed by atoms with van der Waals surface area (Å²) in [6.07, 6.45) is 1.45. The number of nitrogens with zero attached hydrogens (tertiary/aromatic N) is 1. The Bertz CT molecular complexity index is 1520. The Morgan fingerprint density at radius 1 is 0.811 bits per heavy atom. The highest BCUT2D eigenvalue weighted by Gasteiger charge is 2.32. The van der Waals surface area contributed by atoms with E-state index >= 15 is 0 Å². The van der Waals surface area contributed by atoms with E-state index in [2.05, 4.69) is 31.6 Å². The van der Waals surface area contributed by atoms with Gasteiger partial charge < -0.3 is 48.9 Å². The van der Waals surface area contributed by atoms with E-state index in [1.807, 2.05) is 68.6 Å². The van der Waals surface area contributed by atoms with Gasteiger partial charge in [0.15, 0.2) is 5.96 Å². The number of benzene rings is 1. The van der Waals surface area contributed by atoms with Crippen LogP contribution in [-0.4, -0.2) is 89.9 Å². The van der Waals surface area contributed by atoms with Gasteiger partial charge >= 0.3 is 5.97 Å². The molecule has 1 aromatic carbocycles. The van der Waals surface area contributed by atoms with Gasteiger partial charge in [-0.3, -0.25) is 29.0 Å². The second-order valence-electron chi connectivity index (χ2n) is 13.3. The van der Waals surface area contributed by atoms with E-state index in [0.717, 1.165) is 10.4 Å². The predicted octanol–water partition coefficient (Wildman–Crippen LogP) is 0.146. The molecule has 12 N–H and O–H groups in total. The van der Waals surface area contributed by atoms with Gasteiger partial charge in [0.25, 0.3) is 0 Å². The summed E-state index contributed by atoms with van der Waals surface area (Å²) in [7, 11) is 0. The molecule has 0 fully saturated rings. The van der Waals surface area contributed by atoms with Crippen molar-refractivity contribution >= 4 is 52.8 Å². The number of aliphatic carboxylic acids is 1. The highest BCUT2D eigenvalue weighted by molar-refractivity contribution is 7.09. The molecule has 0 saturated heterocycles. The van der Waals surface area contributed by atoms with Crippen molar-refractivity contribution in [3.63, 3.8) is 0 Å². The van der Waals surface area contributed by atoms with Crippen LogP contribution in [0, 0.1) is 11.8 Å². The van der Waals surface area contributed by atoms with E-state index < -0.39 is 72.3 Å². The monoisotopic (exact) mass is 757 g/mol. The number of carbonyl (C=O) groups is 6. The Morgan fingerprint density at radius 2 is 1.47 bits per heavy atom. The zero-order valence-electron chi connectivity index (χ0n) is 30.8. The molecule has 16 nitrogen and oxygen atoms in total. The second-order valence-corrected chi connectivity index (χ2v) is 14.4. The number of thiophene rings is 1. The number of nitrogens with one attached hydrogen (secondary N) is 5. The van der Waals surface area contributed by atoms with Crippen LogP contribution in [0.15, 0.2) is 52.8 Å². The van der Waals surface area contributed by atoms with Crippen molar-refractivity contribution in [1.29, 1.82) is 0 Å². The van der Waals surface area contributed by atoms with Crippen LogP contribution in [-0.2, 0) is 41.6 Å². The second kappa shape index (κ2) is 22.8. The first kappa shape index (κ1) is 44.1. The number of guanidine groups is 1. The minimum atomic E-state index is -1.21. The third kappa shape index (κ3) is 16.5. The number of carbonyl (C=O) groups excluding carboxylic acids is 5. The molecule has 6 atom stereocenters. The Balaban J connectivity index is 2.14. The predicted molar refractivity (Wildman–Crippen MR) is 203 cm³/mol. The molecule has 292 valence electrons. The number of aliphatic imine (C=N–C) groups is 1. The summed E-state index contributed by atoms with van der Waals surface area (Å²) in [4.78, 5) is 83.0. The molecule has 0 radical (unpaired) electrons. The molecule has 1 aromatic heterocycles. The van der Waals surface area contributed by atoms with Crippen molar-refractivity contribution in [2.45, 2.75) is 96.4 Å². The smallest absolute Gasteiger partial charge is 0.326 e. The van der Waals surface area contributed by atoms with E-state index in [4.69, 9.17) is 17.2 Å². The van der Waals surface area contributed by atoms with E-state index in [9.17, 15) is 33.9 Å². The summed E-state index contributed by atoms with van der Waals surface area (Å²) < 4.78 is 0. The van der Waals surface area contributed by atoms with Crippen LogP contribution in [0.5, 0.6) is 0 Å². The van der Waals surface area contributed by atoms with E-state index in [-0.39, 0.29) is 56.4 Å². The van der Waals surface area contributed by atoms with Gasteiger partial charge in [-0.25, -0.2) is 4.79 Å². The van der Waals surface area contributed by atoms with Crippen molar-refractivity contribution in [2.24, 2.45) is 34.0 Å². The lowest BCUT2D eigenvalue weighted by Gasteiger charge is -2.27. The summed E-state index contributed by atoms with van der Waals surface area (Å²) in [5.41, 5.74) is 17.8.